The molecule has 4 nitrogen and oxygen atoms in total. The number of rotatable bonds is 7. The van der Waals surface area contributed by atoms with E-state index in [1.54, 1.807) is 7.11 Å². The third-order valence-electron chi connectivity index (χ3n) is 3.67. The van der Waals surface area contributed by atoms with Gasteiger partial charge in [-0.25, -0.2) is 0 Å². The molecule has 2 atom stereocenters. The maximum Gasteiger partial charge on any atom is 0.303 e. The maximum atomic E-state index is 10.7. The number of hydrogen-bond donors (Lipinski definition) is 1. The average molecular weight is 243 g/mol. The molecule has 0 amide bonds. The van der Waals surface area contributed by atoms with Gasteiger partial charge >= 0.3 is 5.97 Å². The number of carbonyl (C=O) groups is 1. The van der Waals surface area contributed by atoms with E-state index in [4.69, 9.17) is 9.84 Å². The fraction of sp³-hybridized carbons (Fsp3) is 0.923. The van der Waals surface area contributed by atoms with Gasteiger partial charge in [0.05, 0.1) is 0 Å². The summed E-state index contributed by atoms with van der Waals surface area (Å²) in [6.07, 6.45) is 5.72. The van der Waals surface area contributed by atoms with Gasteiger partial charge in [0.1, 0.15) is 0 Å². The van der Waals surface area contributed by atoms with Crippen molar-refractivity contribution in [2.45, 2.75) is 57.5 Å². The predicted molar refractivity (Wildman–Crippen MR) is 67.2 cm³/mol. The number of carboxylic acids is 1. The minimum Gasteiger partial charge on any atom is -0.481 e. The Morgan fingerprint density at radius 1 is 1.53 bits per heavy atom. The molecule has 1 aliphatic rings. The van der Waals surface area contributed by atoms with Gasteiger partial charge in [-0.15, -0.1) is 0 Å². The van der Waals surface area contributed by atoms with Crippen LogP contribution < -0.4 is 0 Å². The molecule has 0 aromatic carbocycles. The highest BCUT2D eigenvalue weighted by atomic mass is 16.5. The summed E-state index contributed by atoms with van der Waals surface area (Å²) in [5.41, 5.74) is 0. The number of ether oxygens (including phenoxy) is 1. The summed E-state index contributed by atoms with van der Waals surface area (Å²) in [5.74, 6) is -0.680. The Bertz CT molecular complexity index is 233. The van der Waals surface area contributed by atoms with Crippen molar-refractivity contribution in [3.8, 4) is 0 Å². The molecule has 1 fully saturated rings. The SMILES string of the molecule is COCCC(C)N1CCCCC1CCC(=O)O. The first-order valence-corrected chi connectivity index (χ1v) is 6.61. The highest BCUT2D eigenvalue weighted by Crippen LogP contribution is 2.24. The minimum atomic E-state index is -0.680. The number of methoxy groups -OCH3 is 1. The lowest BCUT2D eigenvalue weighted by Crippen LogP contribution is -2.45. The van der Waals surface area contributed by atoms with Crippen molar-refractivity contribution in [2.75, 3.05) is 20.3 Å². The Hall–Kier alpha value is -0.610. The summed E-state index contributed by atoms with van der Waals surface area (Å²) in [7, 11) is 1.73. The summed E-state index contributed by atoms with van der Waals surface area (Å²) in [6.45, 7) is 4.11. The van der Waals surface area contributed by atoms with Crippen molar-refractivity contribution in [1.82, 2.24) is 4.90 Å². The number of likely N-dealkylation sites (tertiary alicyclic amines) is 1. The zero-order chi connectivity index (χ0) is 12.7. The van der Waals surface area contributed by atoms with Crippen LogP contribution >= 0.6 is 0 Å². The molecule has 1 aliphatic heterocycles. The summed E-state index contributed by atoms with van der Waals surface area (Å²) in [5, 5.41) is 8.77. The van der Waals surface area contributed by atoms with Gasteiger partial charge in [-0.3, -0.25) is 9.69 Å². The van der Waals surface area contributed by atoms with E-state index in [2.05, 4.69) is 11.8 Å². The molecule has 0 bridgehead atoms. The van der Waals surface area contributed by atoms with E-state index in [-0.39, 0.29) is 6.42 Å². The highest BCUT2D eigenvalue weighted by Gasteiger charge is 2.26. The molecule has 100 valence electrons. The molecule has 0 saturated carbocycles. The van der Waals surface area contributed by atoms with Gasteiger partial charge in [-0.05, 0) is 39.2 Å². The van der Waals surface area contributed by atoms with E-state index in [9.17, 15) is 4.79 Å². The second-order valence-corrected chi connectivity index (χ2v) is 4.95. The van der Waals surface area contributed by atoms with Crippen molar-refractivity contribution < 1.29 is 14.6 Å². The van der Waals surface area contributed by atoms with Gasteiger partial charge in [0.15, 0.2) is 0 Å². The summed E-state index contributed by atoms with van der Waals surface area (Å²) in [6, 6.07) is 0.945. The maximum absolute atomic E-state index is 10.7. The van der Waals surface area contributed by atoms with E-state index in [0.717, 1.165) is 32.4 Å². The Balaban J connectivity index is 2.43. The first kappa shape index (κ1) is 14.5. The summed E-state index contributed by atoms with van der Waals surface area (Å²) >= 11 is 0. The van der Waals surface area contributed by atoms with Crippen LogP contribution in [0.2, 0.25) is 0 Å². The van der Waals surface area contributed by atoms with Crippen LogP contribution in [-0.2, 0) is 9.53 Å². The number of carboxylic acid groups (broad SMARTS) is 1. The van der Waals surface area contributed by atoms with Gasteiger partial charge in [-0.1, -0.05) is 6.42 Å². The first-order chi connectivity index (χ1) is 8.15. The summed E-state index contributed by atoms with van der Waals surface area (Å²) in [4.78, 5) is 13.1. The molecule has 2 unspecified atom stereocenters. The van der Waals surface area contributed by atoms with E-state index >= 15 is 0 Å². The lowest BCUT2D eigenvalue weighted by atomic mass is 9.95. The largest absolute Gasteiger partial charge is 0.481 e. The monoisotopic (exact) mass is 243 g/mol. The molecule has 1 N–H and O–H groups in total. The average Bonchev–Trinajstić information content (AvgIpc) is 2.33. The fourth-order valence-electron chi connectivity index (χ4n) is 2.66. The molecule has 1 saturated heterocycles. The topological polar surface area (TPSA) is 49.8 Å². The standard InChI is InChI=1S/C13H25NO3/c1-11(8-10-17-2)14-9-4-3-5-12(14)6-7-13(15)16/h11-12H,3-10H2,1-2H3,(H,15,16). The van der Waals surface area contributed by atoms with Gasteiger partial charge in [0.2, 0.25) is 0 Å². The van der Waals surface area contributed by atoms with E-state index in [1.807, 2.05) is 0 Å². The van der Waals surface area contributed by atoms with Crippen LogP contribution in [0.1, 0.15) is 45.4 Å². The van der Waals surface area contributed by atoms with Gasteiger partial charge < -0.3 is 9.84 Å². The molecule has 0 radical (unpaired) electrons. The van der Waals surface area contributed by atoms with E-state index in [1.165, 1.54) is 12.8 Å². The molecule has 0 aliphatic carbocycles. The zero-order valence-corrected chi connectivity index (χ0v) is 11.0. The Labute approximate surface area is 104 Å². The van der Waals surface area contributed by atoms with Gasteiger partial charge in [0.25, 0.3) is 0 Å². The van der Waals surface area contributed by atoms with Crippen LogP contribution in [0, 0.1) is 0 Å². The number of hydrogen-bond acceptors (Lipinski definition) is 3. The van der Waals surface area contributed by atoms with Crippen molar-refractivity contribution >= 4 is 5.97 Å². The normalized spacial score (nSPS) is 23.5. The molecule has 0 aromatic heterocycles. The second-order valence-electron chi connectivity index (χ2n) is 4.95. The number of nitrogens with zero attached hydrogens (tertiary/aromatic N) is 1. The molecular weight excluding hydrogens is 218 g/mol. The van der Waals surface area contributed by atoms with Gasteiger partial charge in [-0.2, -0.15) is 0 Å². The minimum absolute atomic E-state index is 0.290. The molecule has 4 heteroatoms. The van der Waals surface area contributed by atoms with Crippen LogP contribution in [-0.4, -0.2) is 48.3 Å². The van der Waals surface area contributed by atoms with Crippen molar-refractivity contribution in [3.05, 3.63) is 0 Å². The molecule has 0 aromatic rings. The lowest BCUT2D eigenvalue weighted by Gasteiger charge is -2.40. The van der Waals surface area contributed by atoms with E-state index in [0.29, 0.717) is 12.1 Å². The van der Waals surface area contributed by atoms with Crippen LogP contribution in [0.25, 0.3) is 0 Å². The summed E-state index contributed by atoms with van der Waals surface area (Å²) < 4.78 is 5.12. The predicted octanol–water partition coefficient (Wildman–Crippen LogP) is 2.13. The van der Waals surface area contributed by atoms with Crippen LogP contribution in [0.5, 0.6) is 0 Å². The van der Waals surface area contributed by atoms with Crippen molar-refractivity contribution in [3.63, 3.8) is 0 Å². The smallest absolute Gasteiger partial charge is 0.303 e. The number of piperidine rings is 1. The number of aliphatic carboxylic acids is 1. The van der Waals surface area contributed by atoms with Crippen molar-refractivity contribution in [1.29, 1.82) is 0 Å². The van der Waals surface area contributed by atoms with Crippen LogP contribution in [0.3, 0.4) is 0 Å². The molecule has 0 spiro atoms. The molecule has 1 heterocycles. The highest BCUT2D eigenvalue weighted by molar-refractivity contribution is 5.66. The van der Waals surface area contributed by atoms with Crippen molar-refractivity contribution in [2.24, 2.45) is 0 Å². The molecular formula is C13H25NO3. The Morgan fingerprint density at radius 3 is 2.94 bits per heavy atom. The quantitative estimate of drug-likeness (QED) is 0.744. The lowest BCUT2D eigenvalue weighted by molar-refractivity contribution is -0.137. The Kier molecular flexibility index (Phi) is 6.52. The van der Waals surface area contributed by atoms with Gasteiger partial charge in [0, 0.05) is 32.2 Å². The molecule has 17 heavy (non-hydrogen) atoms. The van der Waals surface area contributed by atoms with Crippen LogP contribution in [0.4, 0.5) is 0 Å². The third-order valence-corrected chi connectivity index (χ3v) is 3.67. The van der Waals surface area contributed by atoms with Crippen LogP contribution in [0.15, 0.2) is 0 Å². The molecule has 1 rings (SSSR count). The third kappa shape index (κ3) is 5.04. The first-order valence-electron chi connectivity index (χ1n) is 6.61. The zero-order valence-electron chi connectivity index (χ0n) is 11.0. The van der Waals surface area contributed by atoms with E-state index < -0.39 is 5.97 Å². The Morgan fingerprint density at radius 2 is 2.29 bits per heavy atom. The second kappa shape index (κ2) is 7.67. The fourth-order valence-corrected chi connectivity index (χ4v) is 2.66.